The summed E-state index contributed by atoms with van der Waals surface area (Å²) in [6.45, 7) is 6.54. The van der Waals surface area contributed by atoms with E-state index in [9.17, 15) is 40.9 Å². The number of benzene rings is 1. The van der Waals surface area contributed by atoms with Gasteiger partial charge in [0.05, 0.1) is 16.8 Å². The normalized spacial score (nSPS) is 22.7. The van der Waals surface area contributed by atoms with Gasteiger partial charge < -0.3 is 15.4 Å². The molecule has 290 valence electrons. The Morgan fingerprint density at radius 2 is 1.81 bits per heavy atom. The smallest absolute Gasteiger partial charge is 0.411 e. The van der Waals surface area contributed by atoms with Gasteiger partial charge in [0.2, 0.25) is 0 Å². The van der Waals surface area contributed by atoms with E-state index in [0.717, 1.165) is 15.9 Å². The lowest BCUT2D eigenvalue weighted by molar-refractivity contribution is -0.164. The first-order valence-corrected chi connectivity index (χ1v) is 17.1. The van der Waals surface area contributed by atoms with E-state index in [4.69, 9.17) is 16.3 Å². The van der Waals surface area contributed by atoms with Crippen molar-refractivity contribution in [2.45, 2.75) is 89.5 Å². The summed E-state index contributed by atoms with van der Waals surface area (Å²) >= 11 is 6.42. The second-order valence-corrected chi connectivity index (χ2v) is 15.6. The van der Waals surface area contributed by atoms with Crippen molar-refractivity contribution in [2.75, 3.05) is 6.61 Å². The maximum Gasteiger partial charge on any atom is 0.411 e. The molecule has 19 heteroatoms. The molecular formula is C35H36ClF7N8O3. The van der Waals surface area contributed by atoms with E-state index in [0.29, 0.717) is 5.56 Å². The molecule has 2 aromatic heterocycles. The van der Waals surface area contributed by atoms with Crippen molar-refractivity contribution in [1.29, 1.82) is 5.41 Å². The minimum absolute atomic E-state index is 0.0634. The molecule has 6 rings (SSSR count). The summed E-state index contributed by atoms with van der Waals surface area (Å²) in [5, 5.41) is 17.9. The van der Waals surface area contributed by atoms with Crippen LogP contribution < -0.4 is 10.6 Å². The topological polar surface area (TPSA) is 138 Å². The number of hydrogen-bond donors (Lipinski definition) is 3. The molecule has 3 aromatic rings. The van der Waals surface area contributed by atoms with E-state index < -0.39 is 83.1 Å². The largest absolute Gasteiger partial charge is 0.447 e. The molecule has 0 bridgehead atoms. The molecule has 0 spiro atoms. The lowest BCUT2D eigenvalue weighted by atomic mass is 9.60. The van der Waals surface area contributed by atoms with E-state index in [1.807, 2.05) is 26.1 Å². The van der Waals surface area contributed by atoms with E-state index in [2.05, 4.69) is 20.4 Å². The molecule has 1 saturated heterocycles. The SMILES string of the molecule is CC(C)(C)C[C@]1(C2(C)C=Cc3c(ccnc3C(F)F)C2)NC(=N)N([C@H](COC(=O)NC2(C(F)(F)F)CC2)c2ccc(Cl)c(-n3ncnc3C(F)F)c2)C1=O. The summed E-state index contributed by atoms with van der Waals surface area (Å²) in [6.07, 6.45) is -7.47. The Hall–Kier alpha value is -4.74. The summed E-state index contributed by atoms with van der Waals surface area (Å²) in [5.74, 6) is -1.93. The van der Waals surface area contributed by atoms with Crippen LogP contribution in [0.2, 0.25) is 5.02 Å². The molecule has 2 amide bonds. The molecule has 1 aromatic carbocycles. The zero-order valence-electron chi connectivity index (χ0n) is 29.4. The second-order valence-electron chi connectivity index (χ2n) is 15.1. The van der Waals surface area contributed by atoms with Gasteiger partial charge in [-0.2, -0.15) is 18.3 Å². The number of hydrogen-bond acceptors (Lipinski definition) is 7. The minimum Gasteiger partial charge on any atom is -0.447 e. The number of nitrogens with zero attached hydrogens (tertiary/aromatic N) is 5. The summed E-state index contributed by atoms with van der Waals surface area (Å²) < 4.78 is 103. The van der Waals surface area contributed by atoms with Crippen molar-refractivity contribution < 1.29 is 45.1 Å². The minimum atomic E-state index is -4.76. The number of guanidine groups is 1. The molecule has 1 aliphatic heterocycles. The predicted octanol–water partition coefficient (Wildman–Crippen LogP) is 7.87. The van der Waals surface area contributed by atoms with Gasteiger partial charge in [-0.15, -0.1) is 0 Å². The van der Waals surface area contributed by atoms with Gasteiger partial charge in [-0.3, -0.25) is 20.1 Å². The molecule has 1 saturated carbocycles. The second kappa shape index (κ2) is 13.5. The molecule has 54 heavy (non-hydrogen) atoms. The standard InChI is InChI=1S/C35H36ClF7N8O3/c1-31(2,3)16-34(32(4)9-7-20-19(14-32)8-12-45-24(20)25(37)38)28(52)50(29(44)48-34)23(15-54-30(53)49-33(10-11-33)35(41,42)43)18-5-6-21(36)22(13-18)51-27(26(39)40)46-17-47-51/h5-9,12-13,17,23,25-26H,10-11,14-16H2,1-4H3,(H2,44,48)(H,49,53)/t23-,32?,34+/m1/s1. The van der Waals surface area contributed by atoms with Crippen LogP contribution in [-0.4, -0.2) is 66.5 Å². The summed E-state index contributed by atoms with van der Waals surface area (Å²) in [5.41, 5.74) is -5.64. The Kier molecular flexibility index (Phi) is 9.76. The fourth-order valence-electron chi connectivity index (χ4n) is 7.29. The lowest BCUT2D eigenvalue weighted by Crippen LogP contribution is -2.61. The third kappa shape index (κ3) is 6.88. The van der Waals surface area contributed by atoms with Crippen molar-refractivity contribution in [3.63, 3.8) is 0 Å². The molecule has 0 radical (unpaired) electrons. The van der Waals surface area contributed by atoms with Crippen LogP contribution in [0.5, 0.6) is 0 Å². The van der Waals surface area contributed by atoms with Gasteiger partial charge in [-0.1, -0.05) is 57.5 Å². The van der Waals surface area contributed by atoms with Gasteiger partial charge in [0, 0.05) is 17.2 Å². The Labute approximate surface area is 309 Å². The third-order valence-electron chi connectivity index (χ3n) is 10.1. The Bertz CT molecular complexity index is 2010. The van der Waals surface area contributed by atoms with E-state index >= 15 is 4.79 Å². The van der Waals surface area contributed by atoms with E-state index in [-0.39, 0.29) is 47.5 Å². The maximum atomic E-state index is 15.2. The third-order valence-corrected chi connectivity index (χ3v) is 10.4. The highest BCUT2D eigenvalue weighted by Crippen LogP contribution is 2.51. The number of nitrogens with one attached hydrogen (secondary N) is 3. The number of aromatic nitrogens is 4. The van der Waals surface area contributed by atoms with Crippen molar-refractivity contribution in [1.82, 2.24) is 35.3 Å². The number of halogens is 8. The zero-order valence-corrected chi connectivity index (χ0v) is 30.1. The zero-order chi connectivity index (χ0) is 39.6. The number of rotatable bonds is 10. The highest BCUT2D eigenvalue weighted by atomic mass is 35.5. The van der Waals surface area contributed by atoms with Crippen molar-refractivity contribution in [3.8, 4) is 5.69 Å². The first-order chi connectivity index (χ1) is 25.1. The van der Waals surface area contributed by atoms with Crippen LogP contribution in [0.1, 0.15) is 94.1 Å². The van der Waals surface area contributed by atoms with Gasteiger partial charge in [0.25, 0.3) is 18.8 Å². The molecule has 11 nitrogen and oxygen atoms in total. The van der Waals surface area contributed by atoms with Crippen LogP contribution in [-0.2, 0) is 16.0 Å². The fourth-order valence-corrected chi connectivity index (χ4v) is 7.48. The molecule has 3 atom stereocenters. The number of fused-ring (bicyclic) bond motifs is 1. The molecule has 2 fully saturated rings. The number of pyridine rings is 1. The van der Waals surface area contributed by atoms with Crippen LogP contribution in [0.4, 0.5) is 35.5 Å². The van der Waals surface area contributed by atoms with Crippen LogP contribution >= 0.6 is 11.6 Å². The average molecular weight is 785 g/mol. The van der Waals surface area contributed by atoms with Crippen LogP contribution in [0.3, 0.4) is 0 Å². The fraction of sp³-hybridized carbons (Fsp3) is 0.486. The average Bonchev–Trinajstić information content (AvgIpc) is 3.62. The number of alkyl halides is 7. The van der Waals surface area contributed by atoms with Gasteiger partial charge in [0.1, 0.15) is 29.7 Å². The Balaban J connectivity index is 1.43. The monoisotopic (exact) mass is 784 g/mol. The van der Waals surface area contributed by atoms with Gasteiger partial charge in [-0.05, 0) is 60.4 Å². The van der Waals surface area contributed by atoms with Crippen LogP contribution in [0, 0.1) is 16.2 Å². The van der Waals surface area contributed by atoms with Gasteiger partial charge in [0.15, 0.2) is 11.8 Å². The summed E-state index contributed by atoms with van der Waals surface area (Å²) in [4.78, 5) is 36.5. The molecular weight excluding hydrogens is 749 g/mol. The number of amides is 2. The van der Waals surface area contributed by atoms with E-state index in [1.54, 1.807) is 19.1 Å². The number of alkyl carbamates (subject to hydrolysis) is 1. The number of carbonyl (C=O) groups excluding carboxylic acids is 2. The van der Waals surface area contributed by atoms with Gasteiger partial charge in [-0.25, -0.2) is 32.0 Å². The maximum absolute atomic E-state index is 15.2. The highest BCUT2D eigenvalue weighted by Gasteiger charge is 2.65. The summed E-state index contributed by atoms with van der Waals surface area (Å²) in [6, 6.07) is 4.10. The molecule has 3 aliphatic rings. The number of ether oxygens (including phenoxy) is 1. The Morgan fingerprint density at radius 1 is 1.11 bits per heavy atom. The first kappa shape index (κ1) is 39.0. The van der Waals surface area contributed by atoms with Gasteiger partial charge >= 0.3 is 12.3 Å². The lowest BCUT2D eigenvalue weighted by Gasteiger charge is -2.47. The van der Waals surface area contributed by atoms with Crippen LogP contribution in [0.25, 0.3) is 11.8 Å². The highest BCUT2D eigenvalue weighted by molar-refractivity contribution is 6.32. The quantitative estimate of drug-likeness (QED) is 0.178. The van der Waals surface area contributed by atoms with Crippen LogP contribution in [0.15, 0.2) is 42.9 Å². The molecule has 2 aliphatic carbocycles. The van der Waals surface area contributed by atoms with Crippen molar-refractivity contribution >= 4 is 35.6 Å². The first-order valence-electron chi connectivity index (χ1n) is 16.8. The molecule has 3 N–H and O–H groups in total. The predicted molar refractivity (Wildman–Crippen MR) is 181 cm³/mol. The summed E-state index contributed by atoms with van der Waals surface area (Å²) in [7, 11) is 0. The van der Waals surface area contributed by atoms with Crippen molar-refractivity contribution in [3.05, 3.63) is 76.1 Å². The molecule has 3 heterocycles. The van der Waals surface area contributed by atoms with E-state index in [1.165, 1.54) is 30.5 Å². The molecule has 1 unspecified atom stereocenters. The Morgan fingerprint density at radius 3 is 2.43 bits per heavy atom. The van der Waals surface area contributed by atoms with Crippen molar-refractivity contribution in [2.24, 2.45) is 10.8 Å². The number of carbonyl (C=O) groups is 2.